The summed E-state index contributed by atoms with van der Waals surface area (Å²) in [6, 6.07) is 29.5. The van der Waals surface area contributed by atoms with E-state index in [1.165, 1.54) is 17.0 Å². The van der Waals surface area contributed by atoms with E-state index < -0.39 is 28.5 Å². The zero-order chi connectivity index (χ0) is 32.6. The molecule has 0 aliphatic heterocycles. The number of halogens is 1. The quantitative estimate of drug-likeness (QED) is 0.167. The van der Waals surface area contributed by atoms with Crippen LogP contribution in [0.3, 0.4) is 0 Å². The molecule has 0 bridgehead atoms. The summed E-state index contributed by atoms with van der Waals surface area (Å²) in [4.78, 5) is 30.1. The summed E-state index contributed by atoms with van der Waals surface area (Å²) in [6.45, 7) is 7.38. The van der Waals surface area contributed by atoms with Crippen LogP contribution < -0.4 is 9.62 Å². The minimum Gasteiger partial charge on any atom is -0.352 e. The van der Waals surface area contributed by atoms with Crippen molar-refractivity contribution in [2.75, 3.05) is 10.8 Å². The van der Waals surface area contributed by atoms with Crippen molar-refractivity contribution in [3.05, 3.63) is 130 Å². The van der Waals surface area contributed by atoms with E-state index in [1.54, 1.807) is 30.3 Å². The van der Waals surface area contributed by atoms with Gasteiger partial charge >= 0.3 is 0 Å². The van der Waals surface area contributed by atoms with Gasteiger partial charge in [-0.25, -0.2) is 8.42 Å². The smallest absolute Gasteiger partial charge is 0.264 e. The molecule has 0 radical (unpaired) electrons. The first-order valence-corrected chi connectivity index (χ1v) is 17.3. The van der Waals surface area contributed by atoms with Crippen LogP contribution in [-0.4, -0.2) is 43.8 Å². The van der Waals surface area contributed by atoms with Crippen molar-refractivity contribution in [1.82, 2.24) is 10.2 Å². The van der Waals surface area contributed by atoms with Crippen LogP contribution in [0.15, 0.2) is 112 Å². The maximum atomic E-state index is 14.6. The minimum absolute atomic E-state index is 0.0740. The lowest BCUT2D eigenvalue weighted by atomic mass is 10.0. The predicted molar refractivity (Wildman–Crippen MR) is 183 cm³/mol. The van der Waals surface area contributed by atoms with E-state index in [2.05, 4.69) is 21.2 Å². The van der Waals surface area contributed by atoms with Gasteiger partial charge in [0.05, 0.1) is 10.6 Å². The summed E-state index contributed by atoms with van der Waals surface area (Å²) < 4.78 is 30.3. The Bertz CT molecular complexity index is 1720. The summed E-state index contributed by atoms with van der Waals surface area (Å²) >= 11 is 3.52. The summed E-state index contributed by atoms with van der Waals surface area (Å²) in [6.07, 6.45) is 0.983. The number of nitrogens with zero attached hydrogens (tertiary/aromatic N) is 2. The number of nitrogens with one attached hydrogen (secondary N) is 1. The molecule has 0 aliphatic rings. The molecule has 2 amide bonds. The third-order valence-electron chi connectivity index (χ3n) is 7.90. The van der Waals surface area contributed by atoms with Crippen molar-refractivity contribution >= 4 is 43.5 Å². The number of benzene rings is 4. The molecule has 45 heavy (non-hydrogen) atoms. The molecular weight excluding hydrogens is 650 g/mol. The second-order valence-electron chi connectivity index (χ2n) is 11.3. The highest BCUT2D eigenvalue weighted by atomic mass is 79.9. The van der Waals surface area contributed by atoms with Crippen molar-refractivity contribution in [2.24, 2.45) is 0 Å². The molecule has 0 heterocycles. The van der Waals surface area contributed by atoms with Crippen LogP contribution in [0, 0.1) is 13.8 Å². The number of aryl methyl sites for hydroxylation is 2. The number of anilines is 1. The van der Waals surface area contributed by atoms with Gasteiger partial charge in [-0.2, -0.15) is 0 Å². The Balaban J connectivity index is 1.82. The van der Waals surface area contributed by atoms with Gasteiger partial charge in [-0.05, 0) is 85.8 Å². The van der Waals surface area contributed by atoms with Crippen LogP contribution in [0.5, 0.6) is 0 Å². The summed E-state index contributed by atoms with van der Waals surface area (Å²) in [5.41, 5.74) is 3.96. The third-order valence-corrected chi connectivity index (χ3v) is 10.2. The normalized spacial score (nSPS) is 12.6. The maximum absolute atomic E-state index is 14.6. The van der Waals surface area contributed by atoms with E-state index in [4.69, 9.17) is 0 Å². The second-order valence-corrected chi connectivity index (χ2v) is 14.0. The van der Waals surface area contributed by atoms with Crippen molar-refractivity contribution in [2.45, 2.75) is 64.1 Å². The van der Waals surface area contributed by atoms with Gasteiger partial charge in [0.2, 0.25) is 11.8 Å². The number of carbonyl (C=O) groups excluding carboxylic acids is 2. The Morgan fingerprint density at radius 2 is 1.47 bits per heavy atom. The lowest BCUT2D eigenvalue weighted by Gasteiger charge is -2.34. The largest absolute Gasteiger partial charge is 0.352 e. The topological polar surface area (TPSA) is 86.8 Å². The van der Waals surface area contributed by atoms with E-state index in [9.17, 15) is 18.0 Å². The Hall–Kier alpha value is -3.95. The first kappa shape index (κ1) is 33.9. The second kappa shape index (κ2) is 15.4. The fourth-order valence-corrected chi connectivity index (χ4v) is 6.83. The van der Waals surface area contributed by atoms with Gasteiger partial charge in [-0.3, -0.25) is 13.9 Å². The summed E-state index contributed by atoms with van der Waals surface area (Å²) in [5.74, 6) is -0.784. The number of sulfonamides is 1. The number of carbonyl (C=O) groups is 2. The molecule has 4 rings (SSSR count). The monoisotopic (exact) mass is 689 g/mol. The van der Waals surface area contributed by atoms with Gasteiger partial charge in [0.15, 0.2) is 0 Å². The van der Waals surface area contributed by atoms with Crippen molar-refractivity contribution in [1.29, 1.82) is 0 Å². The minimum atomic E-state index is -4.14. The predicted octanol–water partition coefficient (Wildman–Crippen LogP) is 6.82. The molecule has 236 valence electrons. The molecule has 0 spiro atoms. The molecule has 0 saturated heterocycles. The molecule has 0 aromatic heterocycles. The van der Waals surface area contributed by atoms with E-state index >= 15 is 0 Å². The van der Waals surface area contributed by atoms with Crippen LogP contribution in [0.1, 0.15) is 42.5 Å². The van der Waals surface area contributed by atoms with Crippen LogP contribution >= 0.6 is 15.9 Å². The third kappa shape index (κ3) is 8.83. The van der Waals surface area contributed by atoms with Gasteiger partial charge in [0.1, 0.15) is 12.6 Å². The summed E-state index contributed by atoms with van der Waals surface area (Å²) in [5, 5.41) is 3.06. The Morgan fingerprint density at radius 1 is 0.822 bits per heavy atom. The van der Waals surface area contributed by atoms with Crippen molar-refractivity contribution in [3.8, 4) is 0 Å². The fraction of sp³-hybridized carbons (Fsp3) is 0.278. The zero-order valence-electron chi connectivity index (χ0n) is 26.1. The molecule has 0 aliphatic carbocycles. The number of amides is 2. The Labute approximate surface area is 275 Å². The van der Waals surface area contributed by atoms with Gasteiger partial charge in [0, 0.05) is 23.5 Å². The molecule has 0 saturated carbocycles. The van der Waals surface area contributed by atoms with Gasteiger partial charge in [0.25, 0.3) is 10.0 Å². The molecule has 1 N–H and O–H groups in total. The highest BCUT2D eigenvalue weighted by Gasteiger charge is 2.35. The Kier molecular flexibility index (Phi) is 11.6. The highest BCUT2D eigenvalue weighted by molar-refractivity contribution is 9.10. The van der Waals surface area contributed by atoms with Crippen LogP contribution in [0.2, 0.25) is 0 Å². The average molecular weight is 691 g/mol. The number of hydrogen-bond donors (Lipinski definition) is 1. The first-order valence-electron chi connectivity index (χ1n) is 15.0. The lowest BCUT2D eigenvalue weighted by Crippen LogP contribution is -2.54. The highest BCUT2D eigenvalue weighted by Crippen LogP contribution is 2.27. The van der Waals surface area contributed by atoms with Crippen molar-refractivity contribution < 1.29 is 18.0 Å². The van der Waals surface area contributed by atoms with E-state index in [-0.39, 0.29) is 29.8 Å². The molecule has 4 aromatic rings. The molecule has 9 heteroatoms. The zero-order valence-corrected chi connectivity index (χ0v) is 28.5. The maximum Gasteiger partial charge on any atom is 0.264 e. The van der Waals surface area contributed by atoms with E-state index in [0.717, 1.165) is 37.5 Å². The average Bonchev–Trinajstić information content (AvgIpc) is 3.03. The SMILES string of the molecule is CC[C@H](C)NC(=O)[C@H](Cc1ccccc1)N(Cc1cccc(Br)c1)C(=O)CN(c1ccc(C)c(C)c1)S(=O)(=O)c1ccccc1. The standard InChI is InChI=1S/C36H40BrN3O4S/c1-5-28(4)38-36(42)34(23-29-13-8-6-9-14-29)39(24-30-15-12-16-31(37)22-30)35(41)25-40(32-20-19-26(2)27(3)21-32)45(43,44)33-17-10-7-11-18-33/h6-22,28,34H,5,23-25H2,1-4H3,(H,38,42)/t28-,34-/m0/s1. The van der Waals surface area contributed by atoms with E-state index in [1.807, 2.05) is 88.4 Å². The molecule has 2 atom stereocenters. The van der Waals surface area contributed by atoms with Gasteiger partial charge < -0.3 is 10.2 Å². The van der Waals surface area contributed by atoms with E-state index in [0.29, 0.717) is 5.69 Å². The molecular formula is C36H40BrN3O4S. The first-order chi connectivity index (χ1) is 21.5. The van der Waals surface area contributed by atoms with Gasteiger partial charge in [-0.15, -0.1) is 0 Å². The number of rotatable bonds is 13. The van der Waals surface area contributed by atoms with Crippen LogP contribution in [0.4, 0.5) is 5.69 Å². The molecule has 0 fully saturated rings. The lowest BCUT2D eigenvalue weighted by molar-refractivity contribution is -0.140. The molecule has 7 nitrogen and oxygen atoms in total. The van der Waals surface area contributed by atoms with Crippen LogP contribution in [0.25, 0.3) is 0 Å². The Morgan fingerprint density at radius 3 is 2.09 bits per heavy atom. The molecule has 0 unspecified atom stereocenters. The summed E-state index contributed by atoms with van der Waals surface area (Å²) in [7, 11) is -4.14. The van der Waals surface area contributed by atoms with Crippen molar-refractivity contribution in [3.63, 3.8) is 0 Å². The number of hydrogen-bond acceptors (Lipinski definition) is 4. The van der Waals surface area contributed by atoms with Gasteiger partial charge in [-0.1, -0.05) is 89.6 Å². The van der Waals surface area contributed by atoms with Crippen LogP contribution in [-0.2, 0) is 32.6 Å². The molecule has 4 aromatic carbocycles. The fourth-order valence-electron chi connectivity index (χ4n) is 4.96.